The summed E-state index contributed by atoms with van der Waals surface area (Å²) in [5.41, 5.74) is 3.34. The van der Waals surface area contributed by atoms with E-state index in [0.29, 0.717) is 30.1 Å². The van der Waals surface area contributed by atoms with Gasteiger partial charge >= 0.3 is 0 Å². The van der Waals surface area contributed by atoms with Crippen LogP contribution in [0.4, 0.5) is 0 Å². The smallest absolute Gasteiger partial charge is 0.251 e. The Kier molecular flexibility index (Phi) is 5.97. The SMILES string of the molecule is O=C(NCc1ccccc1)c1cccc(-c2ccc(S(=O)(=O)N3CCCC3)cc2)c1. The zero-order valence-corrected chi connectivity index (χ0v) is 17.4. The average Bonchev–Trinajstić information content (AvgIpc) is 3.34. The molecule has 1 amide bonds. The zero-order valence-electron chi connectivity index (χ0n) is 16.6. The summed E-state index contributed by atoms with van der Waals surface area (Å²) in [7, 11) is -3.42. The number of carbonyl (C=O) groups is 1. The summed E-state index contributed by atoms with van der Waals surface area (Å²) < 4.78 is 26.9. The van der Waals surface area contributed by atoms with Crippen molar-refractivity contribution in [3.8, 4) is 11.1 Å². The largest absolute Gasteiger partial charge is 0.348 e. The number of carbonyl (C=O) groups excluding carboxylic acids is 1. The van der Waals surface area contributed by atoms with Crippen LogP contribution in [0.25, 0.3) is 11.1 Å². The van der Waals surface area contributed by atoms with Gasteiger partial charge in [0.05, 0.1) is 4.90 Å². The lowest BCUT2D eigenvalue weighted by molar-refractivity contribution is 0.0951. The van der Waals surface area contributed by atoms with E-state index in [4.69, 9.17) is 0 Å². The van der Waals surface area contributed by atoms with Gasteiger partial charge in [-0.1, -0.05) is 54.6 Å². The number of nitrogens with one attached hydrogen (secondary N) is 1. The Morgan fingerprint density at radius 3 is 2.23 bits per heavy atom. The van der Waals surface area contributed by atoms with Crippen molar-refractivity contribution in [3.63, 3.8) is 0 Å². The second kappa shape index (κ2) is 8.81. The topological polar surface area (TPSA) is 66.5 Å². The highest BCUT2D eigenvalue weighted by atomic mass is 32.2. The molecule has 1 fully saturated rings. The molecule has 0 aromatic heterocycles. The van der Waals surface area contributed by atoms with Crippen molar-refractivity contribution in [2.75, 3.05) is 13.1 Å². The summed E-state index contributed by atoms with van der Waals surface area (Å²) in [5.74, 6) is -0.145. The molecule has 1 saturated heterocycles. The molecule has 3 aromatic rings. The number of nitrogens with zero attached hydrogens (tertiary/aromatic N) is 1. The summed E-state index contributed by atoms with van der Waals surface area (Å²) in [6, 6.07) is 24.0. The average molecular weight is 421 g/mol. The van der Waals surface area contributed by atoms with E-state index in [1.807, 2.05) is 48.5 Å². The van der Waals surface area contributed by atoms with Gasteiger partial charge in [0.15, 0.2) is 0 Å². The van der Waals surface area contributed by atoms with Crippen LogP contribution in [-0.2, 0) is 16.6 Å². The van der Waals surface area contributed by atoms with Gasteiger partial charge in [-0.15, -0.1) is 0 Å². The van der Waals surface area contributed by atoms with Gasteiger partial charge in [0.25, 0.3) is 5.91 Å². The van der Waals surface area contributed by atoms with Gasteiger partial charge in [0.2, 0.25) is 10.0 Å². The van der Waals surface area contributed by atoms with Crippen LogP contribution in [0.1, 0.15) is 28.8 Å². The van der Waals surface area contributed by atoms with Gasteiger partial charge in [-0.25, -0.2) is 8.42 Å². The number of rotatable bonds is 6. The maximum Gasteiger partial charge on any atom is 0.251 e. The van der Waals surface area contributed by atoms with Gasteiger partial charge in [0.1, 0.15) is 0 Å². The van der Waals surface area contributed by atoms with Crippen molar-refractivity contribution in [3.05, 3.63) is 90.0 Å². The highest BCUT2D eigenvalue weighted by molar-refractivity contribution is 7.89. The molecule has 0 saturated carbocycles. The lowest BCUT2D eigenvalue weighted by atomic mass is 10.0. The van der Waals surface area contributed by atoms with Crippen molar-refractivity contribution >= 4 is 15.9 Å². The number of sulfonamides is 1. The molecule has 5 nitrogen and oxygen atoms in total. The van der Waals surface area contributed by atoms with E-state index in [-0.39, 0.29) is 5.91 Å². The van der Waals surface area contributed by atoms with Crippen LogP contribution in [0.5, 0.6) is 0 Å². The first-order chi connectivity index (χ1) is 14.5. The quantitative estimate of drug-likeness (QED) is 0.654. The zero-order chi connectivity index (χ0) is 21.0. The molecule has 0 spiro atoms. The molecule has 4 rings (SSSR count). The van der Waals surface area contributed by atoms with Crippen LogP contribution in [0.3, 0.4) is 0 Å². The normalized spacial score (nSPS) is 14.5. The van der Waals surface area contributed by atoms with E-state index >= 15 is 0 Å². The Morgan fingerprint density at radius 1 is 0.833 bits per heavy atom. The Balaban J connectivity index is 1.48. The molecule has 3 aromatic carbocycles. The maximum atomic E-state index is 12.7. The first-order valence-corrected chi connectivity index (χ1v) is 11.5. The van der Waals surface area contributed by atoms with E-state index in [9.17, 15) is 13.2 Å². The van der Waals surface area contributed by atoms with Crippen molar-refractivity contribution in [1.82, 2.24) is 9.62 Å². The molecule has 1 heterocycles. The van der Waals surface area contributed by atoms with E-state index < -0.39 is 10.0 Å². The molecule has 154 valence electrons. The van der Waals surface area contributed by atoms with Gasteiger partial charge < -0.3 is 5.32 Å². The highest BCUT2D eigenvalue weighted by Gasteiger charge is 2.26. The van der Waals surface area contributed by atoms with Gasteiger partial charge in [-0.05, 0) is 53.8 Å². The summed E-state index contributed by atoms with van der Waals surface area (Å²) in [6.45, 7) is 1.64. The Morgan fingerprint density at radius 2 is 1.53 bits per heavy atom. The van der Waals surface area contributed by atoms with Crippen LogP contribution in [-0.4, -0.2) is 31.7 Å². The molecule has 1 aliphatic heterocycles. The second-order valence-corrected chi connectivity index (χ2v) is 9.32. The number of hydrogen-bond acceptors (Lipinski definition) is 3. The Hall–Kier alpha value is -2.96. The Labute approximate surface area is 177 Å². The van der Waals surface area contributed by atoms with E-state index in [1.54, 1.807) is 34.6 Å². The van der Waals surface area contributed by atoms with Crippen molar-refractivity contribution in [1.29, 1.82) is 0 Å². The molecule has 1 N–H and O–H groups in total. The van der Waals surface area contributed by atoms with Crippen molar-refractivity contribution in [2.45, 2.75) is 24.3 Å². The van der Waals surface area contributed by atoms with E-state index in [2.05, 4.69) is 5.32 Å². The predicted molar refractivity (Wildman–Crippen MR) is 117 cm³/mol. The molecule has 0 unspecified atom stereocenters. The standard InChI is InChI=1S/C24H24N2O3S/c27-24(25-18-19-7-2-1-3-8-19)22-10-6-9-21(17-22)20-11-13-23(14-12-20)30(28,29)26-15-4-5-16-26/h1-3,6-14,17H,4-5,15-16,18H2,(H,25,27). The fourth-order valence-electron chi connectivity index (χ4n) is 3.62. The van der Waals surface area contributed by atoms with Gasteiger partial charge in [-0.2, -0.15) is 4.31 Å². The second-order valence-electron chi connectivity index (χ2n) is 7.38. The molecule has 0 atom stereocenters. The summed E-state index contributed by atoms with van der Waals surface area (Å²) in [5, 5.41) is 2.93. The van der Waals surface area contributed by atoms with Crippen LogP contribution < -0.4 is 5.32 Å². The molecule has 30 heavy (non-hydrogen) atoms. The third-order valence-corrected chi connectivity index (χ3v) is 7.22. The molecular formula is C24H24N2O3S. The van der Waals surface area contributed by atoms with Crippen LogP contribution >= 0.6 is 0 Å². The van der Waals surface area contributed by atoms with Gasteiger partial charge in [0, 0.05) is 25.2 Å². The molecule has 0 radical (unpaired) electrons. The molecular weight excluding hydrogens is 396 g/mol. The number of hydrogen-bond donors (Lipinski definition) is 1. The number of amides is 1. The summed E-state index contributed by atoms with van der Waals surface area (Å²) >= 11 is 0. The van der Waals surface area contributed by atoms with Crippen molar-refractivity contribution in [2.24, 2.45) is 0 Å². The molecule has 1 aliphatic rings. The number of benzene rings is 3. The minimum Gasteiger partial charge on any atom is -0.348 e. The van der Waals surface area contributed by atoms with Gasteiger partial charge in [-0.3, -0.25) is 4.79 Å². The maximum absolute atomic E-state index is 12.7. The highest BCUT2D eigenvalue weighted by Crippen LogP contribution is 2.25. The lowest BCUT2D eigenvalue weighted by Gasteiger charge is -2.15. The minimum absolute atomic E-state index is 0.145. The fraction of sp³-hybridized carbons (Fsp3) is 0.208. The van der Waals surface area contributed by atoms with E-state index in [1.165, 1.54) is 0 Å². The molecule has 6 heteroatoms. The first-order valence-electron chi connectivity index (χ1n) is 10.1. The van der Waals surface area contributed by atoms with Crippen LogP contribution in [0.2, 0.25) is 0 Å². The van der Waals surface area contributed by atoms with E-state index in [0.717, 1.165) is 29.5 Å². The lowest BCUT2D eigenvalue weighted by Crippen LogP contribution is -2.27. The third kappa shape index (κ3) is 4.45. The monoisotopic (exact) mass is 420 g/mol. The van der Waals surface area contributed by atoms with Crippen LogP contribution in [0, 0.1) is 0 Å². The fourth-order valence-corrected chi connectivity index (χ4v) is 5.13. The first kappa shape index (κ1) is 20.3. The molecule has 0 aliphatic carbocycles. The minimum atomic E-state index is -3.42. The summed E-state index contributed by atoms with van der Waals surface area (Å²) in [4.78, 5) is 12.8. The Bertz CT molecular complexity index is 1120. The predicted octanol–water partition coefficient (Wildman–Crippen LogP) is 4.07. The summed E-state index contributed by atoms with van der Waals surface area (Å²) in [6.07, 6.45) is 1.83. The van der Waals surface area contributed by atoms with Crippen molar-refractivity contribution < 1.29 is 13.2 Å². The third-order valence-electron chi connectivity index (χ3n) is 5.31. The molecule has 0 bridgehead atoms. The van der Waals surface area contributed by atoms with Crippen LogP contribution in [0.15, 0.2) is 83.8 Å².